The van der Waals surface area contributed by atoms with Crippen LogP contribution in [0.2, 0.25) is 5.02 Å². The van der Waals surface area contributed by atoms with E-state index in [2.05, 4.69) is 36.3 Å². The first kappa shape index (κ1) is 22.3. The Hall–Kier alpha value is -1.91. The molecule has 1 amide bonds. The SMILES string of the molecule is O=C(CSc1nnc(CN2CCOCC2)n1-c1ccc(Cl)cc1)Nc1cccc(Br)c1. The number of carbonyl (C=O) groups excluding carboxylic acids is 1. The molecule has 162 valence electrons. The van der Waals surface area contributed by atoms with Crippen LogP contribution in [0.5, 0.6) is 0 Å². The molecule has 1 fully saturated rings. The van der Waals surface area contributed by atoms with Crippen molar-refractivity contribution in [2.24, 2.45) is 0 Å². The van der Waals surface area contributed by atoms with Crippen molar-refractivity contribution in [3.8, 4) is 5.69 Å². The molecule has 2 heterocycles. The van der Waals surface area contributed by atoms with Crippen LogP contribution in [0.3, 0.4) is 0 Å². The average molecular weight is 523 g/mol. The Morgan fingerprint density at radius 2 is 1.94 bits per heavy atom. The molecule has 10 heteroatoms. The van der Waals surface area contributed by atoms with E-state index < -0.39 is 0 Å². The minimum absolute atomic E-state index is 0.108. The van der Waals surface area contributed by atoms with E-state index in [1.807, 2.05) is 53.1 Å². The molecule has 0 bridgehead atoms. The van der Waals surface area contributed by atoms with Crippen molar-refractivity contribution in [1.29, 1.82) is 0 Å². The summed E-state index contributed by atoms with van der Waals surface area (Å²) in [5.74, 6) is 0.929. The highest BCUT2D eigenvalue weighted by Gasteiger charge is 2.19. The van der Waals surface area contributed by atoms with E-state index in [9.17, 15) is 4.79 Å². The maximum Gasteiger partial charge on any atom is 0.234 e. The molecule has 1 saturated heterocycles. The molecule has 1 aliphatic heterocycles. The number of nitrogens with one attached hydrogen (secondary N) is 1. The molecule has 1 aromatic heterocycles. The summed E-state index contributed by atoms with van der Waals surface area (Å²) in [6.07, 6.45) is 0. The lowest BCUT2D eigenvalue weighted by Gasteiger charge is -2.26. The van der Waals surface area contributed by atoms with Gasteiger partial charge in [0, 0.05) is 34.0 Å². The largest absolute Gasteiger partial charge is 0.379 e. The fraction of sp³-hybridized carbons (Fsp3) is 0.286. The van der Waals surface area contributed by atoms with Gasteiger partial charge in [-0.15, -0.1) is 10.2 Å². The number of morpholine rings is 1. The highest BCUT2D eigenvalue weighted by atomic mass is 79.9. The number of ether oxygens (including phenoxy) is 1. The third-order valence-electron chi connectivity index (χ3n) is 4.69. The lowest BCUT2D eigenvalue weighted by molar-refractivity contribution is -0.113. The molecular weight excluding hydrogens is 502 g/mol. The highest BCUT2D eigenvalue weighted by molar-refractivity contribution is 9.10. The van der Waals surface area contributed by atoms with Crippen molar-refractivity contribution >= 4 is 50.9 Å². The zero-order chi connectivity index (χ0) is 21.6. The van der Waals surface area contributed by atoms with Crippen LogP contribution < -0.4 is 5.32 Å². The molecular formula is C21H21BrClN5O2S. The number of hydrogen-bond donors (Lipinski definition) is 1. The Kier molecular flexibility index (Phi) is 7.62. The third-order valence-corrected chi connectivity index (χ3v) is 6.37. The number of carbonyl (C=O) groups is 1. The molecule has 1 N–H and O–H groups in total. The van der Waals surface area contributed by atoms with Crippen LogP contribution in [0.15, 0.2) is 58.2 Å². The van der Waals surface area contributed by atoms with Gasteiger partial charge in [-0.25, -0.2) is 0 Å². The molecule has 0 radical (unpaired) electrons. The molecule has 0 saturated carbocycles. The minimum atomic E-state index is -0.108. The lowest BCUT2D eigenvalue weighted by Crippen LogP contribution is -2.36. The lowest BCUT2D eigenvalue weighted by atomic mass is 10.3. The minimum Gasteiger partial charge on any atom is -0.379 e. The van der Waals surface area contributed by atoms with Gasteiger partial charge in [-0.1, -0.05) is 45.4 Å². The maximum atomic E-state index is 12.5. The molecule has 0 unspecified atom stereocenters. The second-order valence-electron chi connectivity index (χ2n) is 6.95. The van der Waals surface area contributed by atoms with Crippen molar-refractivity contribution in [2.45, 2.75) is 11.7 Å². The summed E-state index contributed by atoms with van der Waals surface area (Å²) < 4.78 is 8.34. The number of benzene rings is 2. The zero-order valence-corrected chi connectivity index (χ0v) is 19.8. The second-order valence-corrected chi connectivity index (χ2v) is 9.24. The van der Waals surface area contributed by atoms with Crippen LogP contribution in [0.4, 0.5) is 5.69 Å². The van der Waals surface area contributed by atoms with Gasteiger partial charge >= 0.3 is 0 Å². The van der Waals surface area contributed by atoms with Gasteiger partial charge in [-0.05, 0) is 42.5 Å². The molecule has 0 spiro atoms. The molecule has 0 aliphatic carbocycles. The van der Waals surface area contributed by atoms with Gasteiger partial charge in [-0.2, -0.15) is 0 Å². The topological polar surface area (TPSA) is 72.3 Å². The summed E-state index contributed by atoms with van der Waals surface area (Å²) in [5, 5.41) is 13.0. The number of halogens is 2. The molecule has 2 aromatic carbocycles. The van der Waals surface area contributed by atoms with Crippen molar-refractivity contribution in [3.05, 3.63) is 63.9 Å². The maximum absolute atomic E-state index is 12.5. The summed E-state index contributed by atoms with van der Waals surface area (Å²) in [5.41, 5.74) is 1.65. The fourth-order valence-corrected chi connectivity index (χ4v) is 4.49. The Bertz CT molecular complexity index is 1040. The van der Waals surface area contributed by atoms with E-state index in [-0.39, 0.29) is 11.7 Å². The highest BCUT2D eigenvalue weighted by Crippen LogP contribution is 2.25. The average Bonchev–Trinajstić information content (AvgIpc) is 3.16. The van der Waals surface area contributed by atoms with E-state index >= 15 is 0 Å². The van der Waals surface area contributed by atoms with Crippen LogP contribution in [0.1, 0.15) is 5.82 Å². The third kappa shape index (κ3) is 6.08. The number of aromatic nitrogens is 3. The van der Waals surface area contributed by atoms with Crippen LogP contribution in [0.25, 0.3) is 5.69 Å². The van der Waals surface area contributed by atoms with Gasteiger partial charge in [0.05, 0.1) is 25.5 Å². The van der Waals surface area contributed by atoms with Gasteiger partial charge in [0.15, 0.2) is 11.0 Å². The summed E-state index contributed by atoms with van der Waals surface area (Å²) in [6.45, 7) is 3.79. The van der Waals surface area contributed by atoms with E-state index in [1.165, 1.54) is 11.8 Å². The summed E-state index contributed by atoms with van der Waals surface area (Å²) >= 11 is 10.8. The molecule has 7 nitrogen and oxygen atoms in total. The number of anilines is 1. The predicted molar refractivity (Wildman–Crippen MR) is 126 cm³/mol. The zero-order valence-electron chi connectivity index (χ0n) is 16.6. The molecule has 1 aliphatic rings. The van der Waals surface area contributed by atoms with Crippen molar-refractivity contribution < 1.29 is 9.53 Å². The van der Waals surface area contributed by atoms with Crippen LogP contribution in [-0.4, -0.2) is 57.6 Å². The standard InChI is InChI=1S/C21H21BrClN5O2S/c22-15-2-1-3-17(12-15)24-20(29)14-31-21-26-25-19(13-27-8-10-30-11-9-27)28(21)18-6-4-16(23)5-7-18/h1-7,12H,8-11,13-14H2,(H,24,29). The number of nitrogens with zero attached hydrogens (tertiary/aromatic N) is 4. The number of thioether (sulfide) groups is 1. The van der Waals surface area contributed by atoms with Gasteiger partial charge < -0.3 is 10.1 Å². The number of rotatable bonds is 7. The first-order valence-corrected chi connectivity index (χ1v) is 11.9. The van der Waals surface area contributed by atoms with E-state index in [0.29, 0.717) is 29.9 Å². The molecule has 0 atom stereocenters. The van der Waals surface area contributed by atoms with Crippen LogP contribution in [-0.2, 0) is 16.1 Å². The summed E-state index contributed by atoms with van der Waals surface area (Å²) in [4.78, 5) is 14.8. The van der Waals surface area contributed by atoms with Gasteiger partial charge in [-0.3, -0.25) is 14.3 Å². The predicted octanol–water partition coefficient (Wildman–Crippen LogP) is 4.25. The molecule has 4 rings (SSSR count). The Morgan fingerprint density at radius 1 is 1.16 bits per heavy atom. The quantitative estimate of drug-likeness (QED) is 0.468. The molecule has 31 heavy (non-hydrogen) atoms. The fourth-order valence-electron chi connectivity index (χ4n) is 3.20. The molecule has 3 aromatic rings. The van der Waals surface area contributed by atoms with Gasteiger partial charge in [0.1, 0.15) is 0 Å². The first-order valence-electron chi connectivity index (χ1n) is 9.77. The van der Waals surface area contributed by atoms with Crippen molar-refractivity contribution in [3.63, 3.8) is 0 Å². The van der Waals surface area contributed by atoms with E-state index in [4.69, 9.17) is 16.3 Å². The number of amides is 1. The van der Waals surface area contributed by atoms with Gasteiger partial charge in [0.2, 0.25) is 5.91 Å². The van der Waals surface area contributed by atoms with E-state index in [0.717, 1.165) is 34.8 Å². The summed E-state index contributed by atoms with van der Waals surface area (Å²) in [6, 6.07) is 15.0. The van der Waals surface area contributed by atoms with Crippen LogP contribution in [0, 0.1) is 0 Å². The first-order chi connectivity index (χ1) is 15.1. The van der Waals surface area contributed by atoms with E-state index in [1.54, 1.807) is 0 Å². The Morgan fingerprint density at radius 3 is 2.68 bits per heavy atom. The summed E-state index contributed by atoms with van der Waals surface area (Å²) in [7, 11) is 0. The Labute approximate surface area is 198 Å². The monoisotopic (exact) mass is 521 g/mol. The van der Waals surface area contributed by atoms with Gasteiger partial charge in [0.25, 0.3) is 0 Å². The van der Waals surface area contributed by atoms with Crippen molar-refractivity contribution in [2.75, 3.05) is 37.4 Å². The second kappa shape index (κ2) is 10.6. The number of hydrogen-bond acceptors (Lipinski definition) is 6. The Balaban J connectivity index is 1.50. The van der Waals surface area contributed by atoms with Crippen LogP contribution >= 0.6 is 39.3 Å². The van der Waals surface area contributed by atoms with Crippen molar-refractivity contribution in [1.82, 2.24) is 19.7 Å². The normalized spacial score (nSPS) is 14.5. The smallest absolute Gasteiger partial charge is 0.234 e.